The summed E-state index contributed by atoms with van der Waals surface area (Å²) in [5.74, 6) is 0. The van der Waals surface area contributed by atoms with E-state index < -0.39 is 0 Å². The zero-order chi connectivity index (χ0) is 10.8. The third-order valence-corrected chi connectivity index (χ3v) is 2.77. The molecule has 75 valence electrons. The molecule has 0 saturated heterocycles. The SMILES string of the molecule is Cc1cc[c]c(-c2ccc(C)c(C)c2)c1. The molecule has 0 N–H and O–H groups in total. The van der Waals surface area contributed by atoms with E-state index in [-0.39, 0.29) is 0 Å². The van der Waals surface area contributed by atoms with Gasteiger partial charge in [0.15, 0.2) is 0 Å². The third kappa shape index (κ3) is 2.10. The predicted molar refractivity (Wildman–Crippen MR) is 64.9 cm³/mol. The second kappa shape index (κ2) is 3.90. The summed E-state index contributed by atoms with van der Waals surface area (Å²) in [7, 11) is 0. The van der Waals surface area contributed by atoms with Gasteiger partial charge in [0, 0.05) is 0 Å². The lowest BCUT2D eigenvalue weighted by Crippen LogP contribution is -1.84. The second-order valence-electron chi connectivity index (χ2n) is 4.08. The van der Waals surface area contributed by atoms with E-state index in [0.717, 1.165) is 0 Å². The van der Waals surface area contributed by atoms with Crippen molar-refractivity contribution in [2.45, 2.75) is 20.8 Å². The molecular formula is C15H15. The monoisotopic (exact) mass is 195 g/mol. The molecule has 0 atom stereocenters. The van der Waals surface area contributed by atoms with Crippen LogP contribution >= 0.6 is 0 Å². The fourth-order valence-electron chi connectivity index (χ4n) is 1.66. The zero-order valence-corrected chi connectivity index (χ0v) is 9.46. The minimum Gasteiger partial charge on any atom is -0.0587 e. The molecule has 1 radical (unpaired) electrons. The summed E-state index contributed by atoms with van der Waals surface area (Å²) < 4.78 is 0. The van der Waals surface area contributed by atoms with Crippen LogP contribution in [0.25, 0.3) is 11.1 Å². The average molecular weight is 195 g/mol. The van der Waals surface area contributed by atoms with Gasteiger partial charge in [0.05, 0.1) is 0 Å². The molecule has 0 aliphatic rings. The van der Waals surface area contributed by atoms with Crippen LogP contribution in [0.4, 0.5) is 0 Å². The quantitative estimate of drug-likeness (QED) is 0.643. The maximum atomic E-state index is 3.27. The van der Waals surface area contributed by atoms with E-state index in [1.54, 1.807) is 0 Å². The molecule has 2 aromatic carbocycles. The molecule has 2 aromatic rings. The van der Waals surface area contributed by atoms with Crippen molar-refractivity contribution >= 4 is 0 Å². The number of benzene rings is 2. The maximum Gasteiger partial charge on any atom is -0.00990 e. The van der Waals surface area contributed by atoms with E-state index in [1.165, 1.54) is 27.8 Å². The Kier molecular flexibility index (Phi) is 2.59. The largest absolute Gasteiger partial charge is 0.0587 e. The van der Waals surface area contributed by atoms with Crippen molar-refractivity contribution in [3.05, 3.63) is 59.2 Å². The fourth-order valence-corrected chi connectivity index (χ4v) is 1.66. The summed E-state index contributed by atoms with van der Waals surface area (Å²) in [4.78, 5) is 0. The van der Waals surface area contributed by atoms with Crippen molar-refractivity contribution in [2.24, 2.45) is 0 Å². The van der Waals surface area contributed by atoms with Crippen LogP contribution in [-0.2, 0) is 0 Å². The van der Waals surface area contributed by atoms with Crippen LogP contribution in [0.5, 0.6) is 0 Å². The highest BCUT2D eigenvalue weighted by atomic mass is 14.0. The van der Waals surface area contributed by atoms with Gasteiger partial charge >= 0.3 is 0 Å². The molecule has 0 heteroatoms. The average Bonchev–Trinajstić information content (AvgIpc) is 2.22. The third-order valence-electron chi connectivity index (χ3n) is 2.77. The van der Waals surface area contributed by atoms with Gasteiger partial charge in [-0.1, -0.05) is 42.0 Å². The van der Waals surface area contributed by atoms with Crippen molar-refractivity contribution in [3.8, 4) is 11.1 Å². The van der Waals surface area contributed by atoms with Crippen molar-refractivity contribution < 1.29 is 0 Å². The first-order valence-electron chi connectivity index (χ1n) is 5.23. The molecule has 2 rings (SSSR count). The van der Waals surface area contributed by atoms with Crippen molar-refractivity contribution in [1.29, 1.82) is 0 Å². The molecule has 0 heterocycles. The molecule has 0 aliphatic carbocycles. The minimum absolute atomic E-state index is 1.18. The van der Waals surface area contributed by atoms with Gasteiger partial charge in [-0.15, -0.1) is 0 Å². The van der Waals surface area contributed by atoms with Crippen LogP contribution in [0.1, 0.15) is 16.7 Å². The van der Waals surface area contributed by atoms with E-state index in [2.05, 4.69) is 57.2 Å². The van der Waals surface area contributed by atoms with Gasteiger partial charge in [-0.2, -0.15) is 0 Å². The lowest BCUT2D eigenvalue weighted by molar-refractivity contribution is 1.34. The Labute approximate surface area is 91.6 Å². The molecule has 15 heavy (non-hydrogen) atoms. The molecule has 0 unspecified atom stereocenters. The lowest BCUT2D eigenvalue weighted by atomic mass is 9.99. The Morgan fingerprint density at radius 3 is 2.33 bits per heavy atom. The predicted octanol–water partition coefficient (Wildman–Crippen LogP) is 4.08. The highest BCUT2D eigenvalue weighted by Crippen LogP contribution is 2.22. The summed E-state index contributed by atoms with van der Waals surface area (Å²) in [6.45, 7) is 6.39. The highest BCUT2D eigenvalue weighted by molar-refractivity contribution is 5.64. The molecule has 0 aromatic heterocycles. The molecule has 0 spiro atoms. The van der Waals surface area contributed by atoms with Crippen molar-refractivity contribution in [3.63, 3.8) is 0 Å². The van der Waals surface area contributed by atoms with Gasteiger partial charge in [0.1, 0.15) is 0 Å². The molecule has 0 bridgehead atoms. The molecule has 0 nitrogen and oxygen atoms in total. The maximum absolute atomic E-state index is 3.27. The Balaban J connectivity index is 2.50. The van der Waals surface area contributed by atoms with Gasteiger partial charge in [0.2, 0.25) is 0 Å². The van der Waals surface area contributed by atoms with Crippen molar-refractivity contribution in [2.75, 3.05) is 0 Å². The minimum atomic E-state index is 1.18. The number of hydrogen-bond donors (Lipinski definition) is 0. The van der Waals surface area contributed by atoms with Crippen LogP contribution < -0.4 is 0 Å². The van der Waals surface area contributed by atoms with Crippen LogP contribution in [0.15, 0.2) is 36.4 Å². The standard InChI is InChI=1S/C15H15/c1-11-5-4-6-14(9-11)15-8-7-12(2)13(3)10-15/h4-5,7-10H,1-3H3. The van der Waals surface area contributed by atoms with Gasteiger partial charge in [-0.25, -0.2) is 0 Å². The molecule has 0 amide bonds. The fraction of sp³-hybridized carbons (Fsp3) is 0.200. The summed E-state index contributed by atoms with van der Waals surface area (Å²) in [6.07, 6.45) is 0. The Hall–Kier alpha value is -1.56. The topological polar surface area (TPSA) is 0 Å². The zero-order valence-electron chi connectivity index (χ0n) is 9.46. The highest BCUT2D eigenvalue weighted by Gasteiger charge is 1.99. The van der Waals surface area contributed by atoms with Crippen LogP contribution in [0, 0.1) is 26.8 Å². The normalized spacial score (nSPS) is 10.3. The Morgan fingerprint density at radius 2 is 1.67 bits per heavy atom. The number of aryl methyl sites for hydroxylation is 3. The van der Waals surface area contributed by atoms with Crippen LogP contribution in [0.2, 0.25) is 0 Å². The van der Waals surface area contributed by atoms with Crippen molar-refractivity contribution in [1.82, 2.24) is 0 Å². The lowest BCUT2D eigenvalue weighted by Gasteiger charge is -2.05. The first-order valence-corrected chi connectivity index (χ1v) is 5.23. The molecular weight excluding hydrogens is 180 g/mol. The van der Waals surface area contributed by atoms with Gasteiger partial charge in [-0.3, -0.25) is 0 Å². The summed E-state index contributed by atoms with van der Waals surface area (Å²) in [5.41, 5.74) is 6.38. The van der Waals surface area contributed by atoms with Gasteiger partial charge < -0.3 is 0 Å². The first kappa shape index (κ1) is 9.97. The smallest absolute Gasteiger partial charge is 0.00990 e. The summed E-state index contributed by atoms with van der Waals surface area (Å²) in [6, 6.07) is 16.1. The second-order valence-corrected chi connectivity index (χ2v) is 4.08. The Bertz CT molecular complexity index is 481. The van der Waals surface area contributed by atoms with E-state index in [9.17, 15) is 0 Å². The molecule has 0 aliphatic heterocycles. The first-order chi connectivity index (χ1) is 7.16. The van der Waals surface area contributed by atoms with Gasteiger partial charge in [-0.05, 0) is 49.1 Å². The van der Waals surface area contributed by atoms with E-state index >= 15 is 0 Å². The van der Waals surface area contributed by atoms with Crippen LogP contribution in [0.3, 0.4) is 0 Å². The number of rotatable bonds is 1. The van der Waals surface area contributed by atoms with E-state index in [1.807, 2.05) is 6.07 Å². The summed E-state index contributed by atoms with van der Waals surface area (Å²) in [5, 5.41) is 0. The Morgan fingerprint density at radius 1 is 0.867 bits per heavy atom. The molecule has 0 fully saturated rings. The number of hydrogen-bond acceptors (Lipinski definition) is 0. The van der Waals surface area contributed by atoms with Gasteiger partial charge in [0.25, 0.3) is 0 Å². The molecule has 0 saturated carbocycles. The van der Waals surface area contributed by atoms with Crippen LogP contribution in [-0.4, -0.2) is 0 Å². The van der Waals surface area contributed by atoms with E-state index in [0.29, 0.717) is 0 Å². The summed E-state index contributed by atoms with van der Waals surface area (Å²) >= 11 is 0. The van der Waals surface area contributed by atoms with E-state index in [4.69, 9.17) is 0 Å².